The van der Waals surface area contributed by atoms with Crippen molar-refractivity contribution in [3.05, 3.63) is 64.4 Å². The lowest BCUT2D eigenvalue weighted by atomic mass is 10.0. The molecule has 0 aliphatic carbocycles. The highest BCUT2D eigenvalue weighted by Gasteiger charge is 2.19. The van der Waals surface area contributed by atoms with E-state index in [9.17, 15) is 8.78 Å². The summed E-state index contributed by atoms with van der Waals surface area (Å²) in [6.07, 6.45) is 13.0. The maximum atomic E-state index is 14.9. The molecule has 0 radical (unpaired) electrons. The number of hydrogen-bond acceptors (Lipinski definition) is 5. The van der Waals surface area contributed by atoms with Gasteiger partial charge in [0.15, 0.2) is 21.6 Å². The predicted octanol–water partition coefficient (Wildman–Crippen LogP) is 10.7. The van der Waals surface area contributed by atoms with Gasteiger partial charge in [0.05, 0.1) is 18.0 Å². The van der Waals surface area contributed by atoms with Gasteiger partial charge in [0.1, 0.15) is 0 Å². The first-order valence-corrected chi connectivity index (χ1v) is 16.0. The Morgan fingerprint density at radius 2 is 1.28 bits per heavy atom. The fourth-order valence-corrected chi connectivity index (χ4v) is 6.20. The van der Waals surface area contributed by atoms with E-state index in [4.69, 9.17) is 9.72 Å². The summed E-state index contributed by atoms with van der Waals surface area (Å²) >= 11 is 2.89. The molecular formula is C32H38F2N2OS2. The molecule has 0 amide bonds. The summed E-state index contributed by atoms with van der Waals surface area (Å²) in [6, 6.07) is 11.7. The number of benzene rings is 2. The first kappa shape index (κ1) is 29.3. The summed E-state index contributed by atoms with van der Waals surface area (Å²) in [4.78, 5) is 9.36. The van der Waals surface area contributed by atoms with Crippen LogP contribution in [0.2, 0.25) is 0 Å². The third-order valence-electron chi connectivity index (χ3n) is 6.84. The van der Waals surface area contributed by atoms with Crippen LogP contribution in [0.4, 0.5) is 8.78 Å². The molecule has 0 bridgehead atoms. The summed E-state index contributed by atoms with van der Waals surface area (Å²) in [5.41, 5.74) is 3.86. The lowest BCUT2D eigenvalue weighted by molar-refractivity contribution is 0.285. The van der Waals surface area contributed by atoms with Crippen LogP contribution in [0.3, 0.4) is 0 Å². The Hall–Kier alpha value is -2.64. The van der Waals surface area contributed by atoms with Gasteiger partial charge in [0.25, 0.3) is 0 Å². The topological polar surface area (TPSA) is 35.0 Å². The second-order valence-electron chi connectivity index (χ2n) is 9.94. The van der Waals surface area contributed by atoms with E-state index in [1.165, 1.54) is 72.8 Å². The molecule has 7 heteroatoms. The lowest BCUT2D eigenvalue weighted by Crippen LogP contribution is -2.01. The molecule has 0 aliphatic heterocycles. The van der Waals surface area contributed by atoms with Crippen molar-refractivity contribution in [3.63, 3.8) is 0 Å². The number of rotatable bonds is 16. The van der Waals surface area contributed by atoms with Crippen molar-refractivity contribution in [3.8, 4) is 38.3 Å². The number of hydrogen-bond donors (Lipinski definition) is 0. The van der Waals surface area contributed by atoms with Crippen LogP contribution in [0.1, 0.15) is 83.6 Å². The Morgan fingerprint density at radius 3 is 2.00 bits per heavy atom. The normalized spacial score (nSPS) is 11.3. The Kier molecular flexibility index (Phi) is 11.5. The van der Waals surface area contributed by atoms with E-state index in [1.54, 1.807) is 11.4 Å². The van der Waals surface area contributed by atoms with Gasteiger partial charge in [-0.3, -0.25) is 0 Å². The average Bonchev–Trinajstić information content (AvgIpc) is 3.64. The third kappa shape index (κ3) is 8.18. The van der Waals surface area contributed by atoms with Gasteiger partial charge in [0.2, 0.25) is 5.82 Å². The summed E-state index contributed by atoms with van der Waals surface area (Å²) in [6.45, 7) is 4.75. The van der Waals surface area contributed by atoms with E-state index in [0.717, 1.165) is 48.4 Å². The van der Waals surface area contributed by atoms with Gasteiger partial charge < -0.3 is 4.74 Å². The maximum absolute atomic E-state index is 14.9. The number of aryl methyl sites for hydroxylation is 1. The molecule has 39 heavy (non-hydrogen) atoms. The zero-order chi connectivity index (χ0) is 27.5. The second-order valence-corrected chi connectivity index (χ2v) is 11.7. The average molecular weight is 569 g/mol. The summed E-state index contributed by atoms with van der Waals surface area (Å²) in [7, 11) is 0. The highest BCUT2D eigenvalue weighted by Crippen LogP contribution is 2.36. The maximum Gasteiger partial charge on any atom is 0.201 e. The number of thiazole rings is 2. The van der Waals surface area contributed by atoms with Crippen molar-refractivity contribution in [1.29, 1.82) is 0 Å². The van der Waals surface area contributed by atoms with E-state index in [1.807, 2.05) is 5.38 Å². The minimum Gasteiger partial charge on any atom is -0.490 e. The van der Waals surface area contributed by atoms with E-state index < -0.39 is 11.6 Å². The quantitative estimate of drug-likeness (QED) is 0.126. The Morgan fingerprint density at radius 1 is 0.667 bits per heavy atom. The van der Waals surface area contributed by atoms with Crippen LogP contribution in [0.5, 0.6) is 5.75 Å². The third-order valence-corrected chi connectivity index (χ3v) is 8.67. The van der Waals surface area contributed by atoms with Crippen LogP contribution in [0.25, 0.3) is 32.5 Å². The molecule has 4 rings (SSSR count). The zero-order valence-corrected chi connectivity index (χ0v) is 24.6. The fourth-order valence-electron chi connectivity index (χ4n) is 4.50. The Labute approximate surface area is 239 Å². The molecule has 3 nitrogen and oxygen atoms in total. The first-order chi connectivity index (χ1) is 19.1. The predicted molar refractivity (Wildman–Crippen MR) is 161 cm³/mol. The van der Waals surface area contributed by atoms with Gasteiger partial charge in [0, 0.05) is 21.9 Å². The number of aromatic nitrogens is 2. The SMILES string of the molecule is CCCCCCCCc1ccc(-c2csc(-c3nc(-c4ccc(OCCCCCC)c(F)c4F)cs3)n2)cc1. The largest absolute Gasteiger partial charge is 0.490 e. The first-order valence-electron chi connectivity index (χ1n) is 14.2. The van der Waals surface area contributed by atoms with Crippen molar-refractivity contribution in [2.75, 3.05) is 6.61 Å². The van der Waals surface area contributed by atoms with Gasteiger partial charge in [-0.05, 0) is 37.0 Å². The molecule has 0 aliphatic rings. The highest BCUT2D eigenvalue weighted by atomic mass is 32.1. The van der Waals surface area contributed by atoms with Crippen molar-refractivity contribution in [2.45, 2.75) is 84.5 Å². The smallest absolute Gasteiger partial charge is 0.201 e. The molecule has 4 aromatic rings. The monoisotopic (exact) mass is 568 g/mol. The molecule has 0 saturated carbocycles. The van der Waals surface area contributed by atoms with Crippen LogP contribution in [-0.4, -0.2) is 16.6 Å². The van der Waals surface area contributed by atoms with Gasteiger partial charge in [-0.2, -0.15) is 4.39 Å². The molecule has 0 N–H and O–H groups in total. The molecule has 2 aromatic heterocycles. The van der Waals surface area contributed by atoms with E-state index in [0.29, 0.717) is 17.3 Å². The fraction of sp³-hybridized carbons (Fsp3) is 0.438. The minimum absolute atomic E-state index is 0.0502. The zero-order valence-electron chi connectivity index (χ0n) is 23.0. The van der Waals surface area contributed by atoms with E-state index in [2.05, 4.69) is 43.1 Å². The molecule has 2 aromatic carbocycles. The molecule has 0 unspecified atom stereocenters. The molecule has 2 heterocycles. The lowest BCUT2D eigenvalue weighted by Gasteiger charge is -2.09. The highest BCUT2D eigenvalue weighted by molar-refractivity contribution is 7.20. The Balaban J connectivity index is 1.36. The molecule has 0 saturated heterocycles. The van der Waals surface area contributed by atoms with Gasteiger partial charge >= 0.3 is 0 Å². The van der Waals surface area contributed by atoms with Crippen molar-refractivity contribution >= 4 is 22.7 Å². The van der Waals surface area contributed by atoms with E-state index >= 15 is 0 Å². The van der Waals surface area contributed by atoms with Crippen molar-refractivity contribution < 1.29 is 13.5 Å². The van der Waals surface area contributed by atoms with Gasteiger partial charge in [-0.25, -0.2) is 14.4 Å². The number of nitrogens with zero attached hydrogens (tertiary/aromatic N) is 2. The van der Waals surface area contributed by atoms with Crippen LogP contribution in [-0.2, 0) is 6.42 Å². The molecule has 208 valence electrons. The van der Waals surface area contributed by atoms with Crippen LogP contribution in [0.15, 0.2) is 47.2 Å². The van der Waals surface area contributed by atoms with Crippen LogP contribution >= 0.6 is 22.7 Å². The van der Waals surface area contributed by atoms with Gasteiger partial charge in [-0.15, -0.1) is 22.7 Å². The molecule has 0 atom stereocenters. The number of unbranched alkanes of at least 4 members (excludes halogenated alkanes) is 8. The second kappa shape index (κ2) is 15.2. The van der Waals surface area contributed by atoms with Gasteiger partial charge in [-0.1, -0.05) is 89.5 Å². The van der Waals surface area contributed by atoms with Crippen molar-refractivity contribution in [2.24, 2.45) is 0 Å². The molecule has 0 spiro atoms. The number of halogens is 2. The van der Waals surface area contributed by atoms with E-state index in [-0.39, 0.29) is 11.3 Å². The van der Waals surface area contributed by atoms with Crippen LogP contribution in [0, 0.1) is 11.6 Å². The Bertz CT molecular complexity index is 1300. The summed E-state index contributed by atoms with van der Waals surface area (Å²) in [5, 5.41) is 5.23. The van der Waals surface area contributed by atoms with Crippen LogP contribution < -0.4 is 4.74 Å². The van der Waals surface area contributed by atoms with Crippen molar-refractivity contribution in [1.82, 2.24) is 9.97 Å². The summed E-state index contributed by atoms with van der Waals surface area (Å²) in [5.74, 6) is -1.95. The molecular weight excluding hydrogens is 530 g/mol. The summed E-state index contributed by atoms with van der Waals surface area (Å²) < 4.78 is 35.0. The number of ether oxygens (including phenoxy) is 1. The minimum atomic E-state index is -0.964. The molecule has 0 fully saturated rings. The standard InChI is InChI=1S/C32H38F2N2OS2/c1-3-5-7-9-10-11-13-23-14-16-24(17-15-23)26-21-38-31(35-26)32-36-27(22-39-32)25-18-19-28(30(34)29(25)33)37-20-12-8-6-4-2/h14-19,21-22H,3-13,20H2,1-2H3.